The monoisotopic (exact) mass is 246 g/mol. The Hall–Kier alpha value is -1.89. The molecule has 0 aliphatic heterocycles. The van der Waals surface area contributed by atoms with Crippen molar-refractivity contribution in [2.45, 2.75) is 26.8 Å². The van der Waals surface area contributed by atoms with E-state index in [0.29, 0.717) is 5.56 Å². The second-order valence-corrected chi connectivity index (χ2v) is 5.38. The smallest absolute Gasteiger partial charge is 0.223 e. The van der Waals surface area contributed by atoms with Gasteiger partial charge in [0.05, 0.1) is 11.6 Å². The molecule has 0 saturated heterocycles. The van der Waals surface area contributed by atoms with Crippen LogP contribution in [0, 0.1) is 28.5 Å². The zero-order chi connectivity index (χ0) is 13.3. The van der Waals surface area contributed by atoms with Crippen LogP contribution in [0.4, 0.5) is 4.39 Å². The van der Waals surface area contributed by atoms with E-state index in [9.17, 15) is 9.18 Å². The first-order valence-corrected chi connectivity index (χ1v) is 5.90. The average Bonchev–Trinajstić information content (AvgIpc) is 2.96. The summed E-state index contributed by atoms with van der Waals surface area (Å²) in [7, 11) is 0. The molecule has 1 N–H and O–H groups in total. The number of carbonyl (C=O) groups excluding carboxylic acids is 1. The maximum atomic E-state index is 13.6. The standard InChI is InChI=1S/C14H15FN2O/c1-14(2)6-11(14)13(18)17-8-10-4-3-9(7-16)5-12(10)15/h3-5,11H,6,8H2,1-2H3,(H,17,18). The number of benzene rings is 1. The van der Waals surface area contributed by atoms with Gasteiger partial charge in [0.2, 0.25) is 5.91 Å². The molecule has 1 aliphatic rings. The summed E-state index contributed by atoms with van der Waals surface area (Å²) in [4.78, 5) is 11.7. The molecule has 1 amide bonds. The molecule has 0 radical (unpaired) electrons. The maximum Gasteiger partial charge on any atom is 0.223 e. The van der Waals surface area contributed by atoms with Crippen LogP contribution in [0.1, 0.15) is 31.4 Å². The van der Waals surface area contributed by atoms with E-state index in [0.717, 1.165) is 6.42 Å². The highest BCUT2D eigenvalue weighted by atomic mass is 19.1. The van der Waals surface area contributed by atoms with Gasteiger partial charge in [-0.3, -0.25) is 4.79 Å². The number of nitrogens with zero attached hydrogens (tertiary/aromatic N) is 1. The lowest BCUT2D eigenvalue weighted by molar-refractivity contribution is -0.123. The molecule has 4 heteroatoms. The maximum absolute atomic E-state index is 13.6. The molecule has 1 fully saturated rings. The summed E-state index contributed by atoms with van der Waals surface area (Å²) in [6.45, 7) is 4.25. The highest BCUT2D eigenvalue weighted by Gasteiger charge is 2.50. The average molecular weight is 246 g/mol. The molecule has 2 rings (SSSR count). The third-order valence-electron chi connectivity index (χ3n) is 3.47. The summed E-state index contributed by atoms with van der Waals surface area (Å²) in [6.07, 6.45) is 0.884. The van der Waals surface area contributed by atoms with E-state index >= 15 is 0 Å². The van der Waals surface area contributed by atoms with E-state index < -0.39 is 5.82 Å². The SMILES string of the molecule is CC1(C)CC1C(=O)NCc1ccc(C#N)cc1F. The van der Waals surface area contributed by atoms with Crippen molar-refractivity contribution in [3.63, 3.8) is 0 Å². The minimum atomic E-state index is -0.454. The molecule has 18 heavy (non-hydrogen) atoms. The zero-order valence-electron chi connectivity index (χ0n) is 10.5. The lowest BCUT2D eigenvalue weighted by Gasteiger charge is -2.07. The summed E-state index contributed by atoms with van der Waals surface area (Å²) in [5.41, 5.74) is 0.763. The molecule has 0 aromatic heterocycles. The topological polar surface area (TPSA) is 52.9 Å². The Balaban J connectivity index is 1.95. The summed E-state index contributed by atoms with van der Waals surface area (Å²) in [5.74, 6) is -0.438. The fourth-order valence-corrected chi connectivity index (χ4v) is 1.98. The van der Waals surface area contributed by atoms with E-state index in [2.05, 4.69) is 5.32 Å². The van der Waals surface area contributed by atoms with Gasteiger partial charge in [-0.05, 0) is 24.0 Å². The van der Waals surface area contributed by atoms with Gasteiger partial charge in [0.15, 0.2) is 0 Å². The highest BCUT2D eigenvalue weighted by molar-refractivity contribution is 5.82. The number of hydrogen-bond donors (Lipinski definition) is 1. The van der Waals surface area contributed by atoms with Gasteiger partial charge in [-0.25, -0.2) is 4.39 Å². The van der Waals surface area contributed by atoms with Gasteiger partial charge in [0, 0.05) is 18.0 Å². The Morgan fingerprint density at radius 3 is 2.78 bits per heavy atom. The van der Waals surface area contributed by atoms with Crippen LogP contribution in [0.5, 0.6) is 0 Å². The van der Waals surface area contributed by atoms with Gasteiger partial charge in [0.1, 0.15) is 5.82 Å². The minimum absolute atomic E-state index is 0.0243. The molecule has 0 heterocycles. The molecule has 0 spiro atoms. The number of rotatable bonds is 3. The number of nitrogens with one attached hydrogen (secondary N) is 1. The van der Waals surface area contributed by atoms with Crippen molar-refractivity contribution in [3.8, 4) is 6.07 Å². The first-order valence-electron chi connectivity index (χ1n) is 5.90. The first kappa shape index (κ1) is 12.6. The summed E-state index contributed by atoms with van der Waals surface area (Å²) >= 11 is 0. The molecule has 94 valence electrons. The molecule has 1 saturated carbocycles. The van der Waals surface area contributed by atoms with E-state index in [4.69, 9.17) is 5.26 Å². The van der Waals surface area contributed by atoms with Crippen molar-refractivity contribution >= 4 is 5.91 Å². The highest BCUT2D eigenvalue weighted by Crippen LogP contribution is 2.51. The normalized spacial score (nSPS) is 20.0. The molecule has 1 unspecified atom stereocenters. The Bertz CT molecular complexity index is 531. The Labute approximate surface area is 106 Å². The second kappa shape index (κ2) is 4.41. The van der Waals surface area contributed by atoms with Gasteiger partial charge < -0.3 is 5.32 Å². The zero-order valence-corrected chi connectivity index (χ0v) is 10.5. The van der Waals surface area contributed by atoms with Crippen molar-refractivity contribution < 1.29 is 9.18 Å². The van der Waals surface area contributed by atoms with E-state index in [1.54, 1.807) is 6.07 Å². The lowest BCUT2D eigenvalue weighted by Crippen LogP contribution is -2.26. The minimum Gasteiger partial charge on any atom is -0.352 e. The third kappa shape index (κ3) is 2.51. The van der Waals surface area contributed by atoms with Crippen LogP contribution >= 0.6 is 0 Å². The lowest BCUT2D eigenvalue weighted by atomic mass is 10.1. The van der Waals surface area contributed by atoms with Crippen LogP contribution in [0.15, 0.2) is 18.2 Å². The van der Waals surface area contributed by atoms with Crippen molar-refractivity contribution in [3.05, 3.63) is 35.1 Å². The Morgan fingerprint density at radius 2 is 2.28 bits per heavy atom. The quantitative estimate of drug-likeness (QED) is 0.890. The number of nitriles is 1. The van der Waals surface area contributed by atoms with Crippen molar-refractivity contribution in [2.24, 2.45) is 11.3 Å². The summed E-state index contributed by atoms with van der Waals surface area (Å²) in [5, 5.41) is 11.4. The molecule has 1 aromatic rings. The number of amides is 1. The summed E-state index contributed by atoms with van der Waals surface area (Å²) in [6, 6.07) is 6.14. The van der Waals surface area contributed by atoms with Crippen LogP contribution in [0.2, 0.25) is 0 Å². The van der Waals surface area contributed by atoms with E-state index in [-0.39, 0.29) is 29.3 Å². The number of hydrogen-bond acceptors (Lipinski definition) is 2. The van der Waals surface area contributed by atoms with Crippen molar-refractivity contribution in [1.82, 2.24) is 5.32 Å². The van der Waals surface area contributed by atoms with Crippen LogP contribution in [0.25, 0.3) is 0 Å². The molecule has 3 nitrogen and oxygen atoms in total. The fourth-order valence-electron chi connectivity index (χ4n) is 1.98. The number of carbonyl (C=O) groups is 1. The first-order chi connectivity index (χ1) is 8.44. The van der Waals surface area contributed by atoms with Gasteiger partial charge in [0.25, 0.3) is 0 Å². The largest absolute Gasteiger partial charge is 0.352 e. The summed E-state index contributed by atoms with van der Waals surface area (Å²) < 4.78 is 13.6. The molecule has 1 aliphatic carbocycles. The predicted octanol–water partition coefficient (Wildman–Crippen LogP) is 2.36. The Kier molecular flexibility index (Phi) is 3.08. The number of halogens is 1. The third-order valence-corrected chi connectivity index (χ3v) is 3.47. The van der Waals surface area contributed by atoms with E-state index in [1.165, 1.54) is 12.1 Å². The van der Waals surface area contributed by atoms with Crippen molar-refractivity contribution in [2.75, 3.05) is 0 Å². The molecular weight excluding hydrogens is 231 g/mol. The second-order valence-electron chi connectivity index (χ2n) is 5.38. The molecular formula is C14H15FN2O. The van der Waals surface area contributed by atoms with Gasteiger partial charge in [-0.15, -0.1) is 0 Å². The van der Waals surface area contributed by atoms with Crippen LogP contribution in [0.3, 0.4) is 0 Å². The van der Waals surface area contributed by atoms with Crippen molar-refractivity contribution in [1.29, 1.82) is 5.26 Å². The molecule has 1 aromatic carbocycles. The van der Waals surface area contributed by atoms with Gasteiger partial charge >= 0.3 is 0 Å². The van der Waals surface area contributed by atoms with Crippen LogP contribution in [-0.4, -0.2) is 5.91 Å². The Morgan fingerprint density at radius 1 is 1.61 bits per heavy atom. The predicted molar refractivity (Wildman–Crippen MR) is 64.8 cm³/mol. The fraction of sp³-hybridized carbons (Fsp3) is 0.429. The van der Waals surface area contributed by atoms with Crippen LogP contribution in [-0.2, 0) is 11.3 Å². The molecule has 0 bridgehead atoms. The van der Waals surface area contributed by atoms with Crippen LogP contribution < -0.4 is 5.32 Å². The molecule has 1 atom stereocenters. The van der Waals surface area contributed by atoms with Gasteiger partial charge in [-0.2, -0.15) is 5.26 Å². The van der Waals surface area contributed by atoms with Gasteiger partial charge in [-0.1, -0.05) is 19.9 Å². The van der Waals surface area contributed by atoms with E-state index in [1.807, 2.05) is 19.9 Å².